The molecule has 0 radical (unpaired) electrons. The van der Waals surface area contributed by atoms with Crippen molar-refractivity contribution in [1.82, 2.24) is 5.32 Å². The van der Waals surface area contributed by atoms with Crippen molar-refractivity contribution in [3.8, 4) is 0 Å². The molecule has 0 spiro atoms. The van der Waals surface area contributed by atoms with E-state index in [-0.39, 0.29) is 0 Å². The van der Waals surface area contributed by atoms with Crippen LogP contribution in [-0.4, -0.2) is 11.7 Å². The van der Waals surface area contributed by atoms with Crippen LogP contribution in [-0.2, 0) is 4.74 Å². The van der Waals surface area contributed by atoms with Gasteiger partial charge in [0.05, 0.1) is 0 Å². The molecule has 0 bridgehead atoms. The number of nitrogens with one attached hydrogen (secondary N) is 1. The minimum atomic E-state index is -0.595. The van der Waals surface area contributed by atoms with Gasteiger partial charge in [-0.15, -0.1) is 0 Å². The molecule has 3 nitrogen and oxygen atoms in total. The van der Waals surface area contributed by atoms with E-state index in [1.165, 1.54) is 6.08 Å². The number of alkyl carbamates (subject to hydrolysis) is 1. The first-order chi connectivity index (χ1) is 6.74. The van der Waals surface area contributed by atoms with E-state index in [9.17, 15) is 9.18 Å². The highest BCUT2D eigenvalue weighted by molar-refractivity contribution is 5.70. The molecule has 0 saturated heterocycles. The van der Waals surface area contributed by atoms with Crippen LogP contribution in [0.1, 0.15) is 34.1 Å². The van der Waals surface area contributed by atoms with Gasteiger partial charge in [0.2, 0.25) is 0 Å². The van der Waals surface area contributed by atoms with Crippen LogP contribution >= 0.6 is 0 Å². The predicted molar refractivity (Wildman–Crippen MR) is 58.0 cm³/mol. The number of amides is 1. The summed E-state index contributed by atoms with van der Waals surface area (Å²) >= 11 is 0. The van der Waals surface area contributed by atoms with Gasteiger partial charge in [0.25, 0.3) is 0 Å². The molecular formula is C11H18FNO2. The Balaban J connectivity index is 4.32. The van der Waals surface area contributed by atoms with E-state index in [1.54, 1.807) is 27.7 Å². The lowest BCUT2D eigenvalue weighted by atomic mass is 10.2. The summed E-state index contributed by atoms with van der Waals surface area (Å²) in [6.45, 7) is 10.2. The van der Waals surface area contributed by atoms with E-state index in [0.29, 0.717) is 12.1 Å². The summed E-state index contributed by atoms with van der Waals surface area (Å²) in [4.78, 5) is 11.3. The third-order valence-electron chi connectivity index (χ3n) is 1.37. The van der Waals surface area contributed by atoms with Crippen molar-refractivity contribution < 1.29 is 13.9 Å². The highest BCUT2D eigenvalue weighted by Crippen LogP contribution is 2.08. The SMILES string of the molecule is C=C(F)/C=C(\CC)NC(=O)OC(C)(C)C. The first kappa shape index (κ1) is 13.7. The summed E-state index contributed by atoms with van der Waals surface area (Å²) in [7, 11) is 0. The summed E-state index contributed by atoms with van der Waals surface area (Å²) in [5.74, 6) is -0.595. The predicted octanol–water partition coefficient (Wildman–Crippen LogP) is 3.29. The fourth-order valence-corrected chi connectivity index (χ4v) is 0.850. The summed E-state index contributed by atoms with van der Waals surface area (Å²) in [5.41, 5.74) is -0.118. The van der Waals surface area contributed by atoms with Gasteiger partial charge in [-0.05, 0) is 33.3 Å². The summed E-state index contributed by atoms with van der Waals surface area (Å²) in [6, 6.07) is 0. The average Bonchev–Trinajstić information content (AvgIpc) is 1.98. The van der Waals surface area contributed by atoms with Crippen LogP contribution in [0.5, 0.6) is 0 Å². The summed E-state index contributed by atoms with van der Waals surface area (Å²) in [5, 5.41) is 2.45. The average molecular weight is 215 g/mol. The van der Waals surface area contributed by atoms with E-state index in [0.717, 1.165) is 0 Å². The van der Waals surface area contributed by atoms with Crippen LogP contribution in [0.25, 0.3) is 0 Å². The van der Waals surface area contributed by atoms with Crippen molar-refractivity contribution in [2.45, 2.75) is 39.7 Å². The number of carbonyl (C=O) groups is 1. The molecule has 0 aliphatic carbocycles. The first-order valence-corrected chi connectivity index (χ1v) is 4.79. The quantitative estimate of drug-likeness (QED) is 0.733. The van der Waals surface area contributed by atoms with Crippen molar-refractivity contribution in [2.24, 2.45) is 0 Å². The molecule has 1 N–H and O–H groups in total. The molecule has 0 saturated carbocycles. The molecule has 0 aromatic rings. The van der Waals surface area contributed by atoms with E-state index >= 15 is 0 Å². The van der Waals surface area contributed by atoms with Crippen LogP contribution in [0.15, 0.2) is 24.2 Å². The summed E-state index contributed by atoms with van der Waals surface area (Å²) in [6.07, 6.45) is 1.09. The minimum absolute atomic E-state index is 0.441. The standard InChI is InChI=1S/C11H18FNO2/c1-6-9(7-8(2)12)13-10(14)15-11(3,4)5/h7H,2,6H2,1,3-5H3,(H,13,14)/b9-7+. The number of ether oxygens (including phenoxy) is 1. The fraction of sp³-hybridized carbons (Fsp3) is 0.545. The van der Waals surface area contributed by atoms with Gasteiger partial charge >= 0.3 is 6.09 Å². The Bertz CT molecular complexity index is 277. The second kappa shape index (κ2) is 5.53. The number of carbonyl (C=O) groups excluding carboxylic acids is 1. The molecule has 0 atom stereocenters. The smallest absolute Gasteiger partial charge is 0.411 e. The van der Waals surface area contributed by atoms with Gasteiger partial charge in [-0.1, -0.05) is 13.5 Å². The lowest BCUT2D eigenvalue weighted by Crippen LogP contribution is -2.32. The molecule has 15 heavy (non-hydrogen) atoms. The molecule has 0 fully saturated rings. The Morgan fingerprint density at radius 2 is 2.07 bits per heavy atom. The number of halogens is 1. The van der Waals surface area contributed by atoms with E-state index in [4.69, 9.17) is 4.74 Å². The van der Waals surface area contributed by atoms with Crippen LogP contribution < -0.4 is 5.32 Å². The molecule has 1 amide bonds. The van der Waals surface area contributed by atoms with Gasteiger partial charge in [0, 0.05) is 5.70 Å². The van der Waals surface area contributed by atoms with Gasteiger partial charge in [-0.3, -0.25) is 5.32 Å². The molecule has 0 aliphatic heterocycles. The van der Waals surface area contributed by atoms with Crippen molar-refractivity contribution in [1.29, 1.82) is 0 Å². The topological polar surface area (TPSA) is 38.3 Å². The third kappa shape index (κ3) is 7.73. The molecule has 0 aliphatic rings. The Morgan fingerprint density at radius 3 is 2.40 bits per heavy atom. The second-order valence-electron chi connectivity index (χ2n) is 4.10. The zero-order valence-corrected chi connectivity index (χ0v) is 9.69. The maximum atomic E-state index is 12.5. The maximum absolute atomic E-state index is 12.5. The van der Waals surface area contributed by atoms with Crippen molar-refractivity contribution in [3.63, 3.8) is 0 Å². The van der Waals surface area contributed by atoms with Gasteiger partial charge < -0.3 is 4.74 Å². The zero-order chi connectivity index (χ0) is 12.1. The Morgan fingerprint density at radius 1 is 1.53 bits per heavy atom. The Hall–Kier alpha value is -1.32. The number of hydrogen-bond acceptors (Lipinski definition) is 2. The number of rotatable bonds is 3. The van der Waals surface area contributed by atoms with Gasteiger partial charge in [-0.2, -0.15) is 0 Å². The molecule has 4 heteroatoms. The van der Waals surface area contributed by atoms with Gasteiger partial charge in [0.1, 0.15) is 11.4 Å². The van der Waals surface area contributed by atoms with E-state index in [1.807, 2.05) is 0 Å². The van der Waals surface area contributed by atoms with E-state index < -0.39 is 17.5 Å². The lowest BCUT2D eigenvalue weighted by molar-refractivity contribution is 0.0544. The van der Waals surface area contributed by atoms with Crippen LogP contribution in [0.3, 0.4) is 0 Å². The lowest BCUT2D eigenvalue weighted by Gasteiger charge is -2.20. The van der Waals surface area contributed by atoms with Gasteiger partial charge in [-0.25, -0.2) is 9.18 Å². The first-order valence-electron chi connectivity index (χ1n) is 4.79. The zero-order valence-electron chi connectivity index (χ0n) is 9.69. The van der Waals surface area contributed by atoms with Crippen molar-refractivity contribution >= 4 is 6.09 Å². The van der Waals surface area contributed by atoms with Gasteiger partial charge in [0.15, 0.2) is 0 Å². The van der Waals surface area contributed by atoms with Crippen molar-refractivity contribution in [2.75, 3.05) is 0 Å². The van der Waals surface area contributed by atoms with E-state index in [2.05, 4.69) is 11.9 Å². The monoisotopic (exact) mass is 215 g/mol. The number of hydrogen-bond donors (Lipinski definition) is 1. The fourth-order valence-electron chi connectivity index (χ4n) is 0.850. The molecule has 0 aromatic carbocycles. The molecule has 86 valence electrons. The largest absolute Gasteiger partial charge is 0.444 e. The van der Waals surface area contributed by atoms with Crippen LogP contribution in [0.2, 0.25) is 0 Å². The Labute approximate surface area is 90.0 Å². The minimum Gasteiger partial charge on any atom is -0.444 e. The highest BCUT2D eigenvalue weighted by Gasteiger charge is 2.16. The van der Waals surface area contributed by atoms with Crippen LogP contribution in [0.4, 0.5) is 9.18 Å². The van der Waals surface area contributed by atoms with Crippen LogP contribution in [0, 0.1) is 0 Å². The summed E-state index contributed by atoms with van der Waals surface area (Å²) < 4.78 is 17.5. The second-order valence-corrected chi connectivity index (χ2v) is 4.10. The Kier molecular flexibility index (Phi) is 5.05. The molecule has 0 rings (SSSR count). The third-order valence-corrected chi connectivity index (χ3v) is 1.37. The normalized spacial score (nSPS) is 12.2. The molecule has 0 unspecified atom stereocenters. The van der Waals surface area contributed by atoms with Crippen molar-refractivity contribution in [3.05, 3.63) is 24.2 Å². The number of allylic oxidation sites excluding steroid dienone is 3. The molecule has 0 aromatic heterocycles. The maximum Gasteiger partial charge on any atom is 0.411 e. The highest BCUT2D eigenvalue weighted by atomic mass is 19.1. The molecular weight excluding hydrogens is 197 g/mol. The molecule has 0 heterocycles.